The molecule has 0 unspecified atom stereocenters. The third-order valence-electron chi connectivity index (χ3n) is 3.60. The predicted molar refractivity (Wildman–Crippen MR) is 89.6 cm³/mol. The summed E-state index contributed by atoms with van der Waals surface area (Å²) < 4.78 is 44.4. The molecule has 1 heterocycles. The van der Waals surface area contributed by atoms with Gasteiger partial charge in [0.2, 0.25) is 11.0 Å². The highest BCUT2D eigenvalue weighted by Gasteiger charge is 2.36. The molecule has 0 saturated heterocycles. The summed E-state index contributed by atoms with van der Waals surface area (Å²) in [7, 11) is 0. The van der Waals surface area contributed by atoms with Crippen molar-refractivity contribution in [3.8, 4) is 0 Å². The molecule has 1 fully saturated rings. The zero-order valence-corrected chi connectivity index (χ0v) is 15.2. The molecule has 2 rings (SSSR count). The quantitative estimate of drug-likeness (QED) is 0.746. The largest absolute Gasteiger partial charge is 0.452 e. The maximum Gasteiger partial charge on any atom is 0.452 e. The number of halogens is 3. The van der Waals surface area contributed by atoms with E-state index < -0.39 is 12.0 Å². The van der Waals surface area contributed by atoms with Crippen molar-refractivity contribution in [3.63, 3.8) is 0 Å². The smallest absolute Gasteiger partial charge is 0.358 e. The third-order valence-corrected chi connectivity index (χ3v) is 5.17. The van der Waals surface area contributed by atoms with E-state index in [0.717, 1.165) is 43.8 Å². The van der Waals surface area contributed by atoms with Gasteiger partial charge < -0.3 is 5.32 Å². The van der Waals surface area contributed by atoms with Crippen LogP contribution in [-0.4, -0.2) is 26.7 Å². The highest BCUT2D eigenvalue weighted by molar-refractivity contribution is 7.98. The second-order valence-corrected chi connectivity index (χ2v) is 9.32. The monoisotopic (exact) mass is 368 g/mol. The van der Waals surface area contributed by atoms with Crippen LogP contribution >= 0.6 is 23.5 Å². The van der Waals surface area contributed by atoms with Gasteiger partial charge in [0.05, 0.1) is 0 Å². The molecular formula is C14H23F3N4S2. The van der Waals surface area contributed by atoms with Crippen LogP contribution in [0.5, 0.6) is 0 Å². The lowest BCUT2D eigenvalue weighted by molar-refractivity contribution is -0.144. The van der Waals surface area contributed by atoms with Crippen LogP contribution in [0.4, 0.5) is 18.3 Å². The molecule has 0 bridgehead atoms. The lowest BCUT2D eigenvalue weighted by Crippen LogP contribution is -2.30. The molecule has 0 spiro atoms. The summed E-state index contributed by atoms with van der Waals surface area (Å²) in [6.45, 7) is 7.49. The minimum atomic E-state index is -4.47. The van der Waals surface area contributed by atoms with E-state index >= 15 is 0 Å². The van der Waals surface area contributed by atoms with Crippen molar-refractivity contribution in [2.45, 2.75) is 63.4 Å². The number of alkyl halides is 3. The second-order valence-electron chi connectivity index (χ2n) is 6.85. The average Bonchev–Trinajstić information content (AvgIpc) is 2.88. The van der Waals surface area contributed by atoms with Crippen molar-refractivity contribution in [1.29, 1.82) is 0 Å². The van der Waals surface area contributed by atoms with Gasteiger partial charge in [0.25, 0.3) is 0 Å². The Morgan fingerprint density at radius 3 is 2.35 bits per heavy atom. The van der Waals surface area contributed by atoms with E-state index in [1.165, 1.54) is 0 Å². The summed E-state index contributed by atoms with van der Waals surface area (Å²) in [6, 6.07) is 0.190. The number of anilines is 1. The first-order chi connectivity index (χ1) is 10.6. The van der Waals surface area contributed by atoms with E-state index in [9.17, 15) is 13.2 Å². The van der Waals surface area contributed by atoms with Crippen LogP contribution < -0.4 is 10.0 Å². The van der Waals surface area contributed by atoms with Gasteiger partial charge in [-0.05, 0) is 52.4 Å². The van der Waals surface area contributed by atoms with Gasteiger partial charge in [-0.1, -0.05) is 11.9 Å². The first kappa shape index (κ1) is 18.8. The molecule has 9 heteroatoms. The van der Waals surface area contributed by atoms with Crippen molar-refractivity contribution >= 4 is 28.6 Å². The Morgan fingerprint density at radius 1 is 1.17 bits per heavy atom. The van der Waals surface area contributed by atoms with Gasteiger partial charge in [0.15, 0.2) is 0 Å². The van der Waals surface area contributed by atoms with Gasteiger partial charge in [0, 0.05) is 28.9 Å². The summed E-state index contributed by atoms with van der Waals surface area (Å²) in [6.07, 6.45) is -0.425. The van der Waals surface area contributed by atoms with Crippen molar-refractivity contribution in [1.82, 2.24) is 14.1 Å². The molecule has 23 heavy (non-hydrogen) atoms. The molecular weight excluding hydrogens is 345 g/mol. The Bertz CT molecular complexity index is 491. The van der Waals surface area contributed by atoms with E-state index in [2.05, 4.69) is 40.2 Å². The number of hydrogen-bond donors (Lipinski definition) is 2. The average molecular weight is 368 g/mol. The fourth-order valence-electron chi connectivity index (χ4n) is 2.46. The van der Waals surface area contributed by atoms with Crippen molar-refractivity contribution in [2.75, 3.05) is 11.9 Å². The molecule has 1 aliphatic rings. The van der Waals surface area contributed by atoms with Gasteiger partial charge in [-0.15, -0.1) is 0 Å². The first-order valence-electron chi connectivity index (χ1n) is 7.72. The van der Waals surface area contributed by atoms with Crippen LogP contribution in [0.3, 0.4) is 0 Å². The Kier molecular flexibility index (Phi) is 6.18. The minimum Gasteiger partial charge on any atom is -0.358 e. The Hall–Kier alpha value is -0.540. The second kappa shape index (κ2) is 7.57. The normalized spacial score (nSPS) is 23.0. The van der Waals surface area contributed by atoms with E-state index in [1.807, 2.05) is 0 Å². The van der Waals surface area contributed by atoms with Crippen molar-refractivity contribution in [2.24, 2.45) is 5.92 Å². The molecule has 1 saturated carbocycles. The van der Waals surface area contributed by atoms with Gasteiger partial charge in [-0.3, -0.25) is 4.72 Å². The standard InChI is InChI=1S/C14H23F3N4S2/c1-13(2,3)23-18-8-9-4-6-10(7-5-9)19-12-20-11(21-22-12)14(15,16)17/h9-10,18H,4-8H2,1-3H3,(H,19,20,21)/t9-,10-. The van der Waals surface area contributed by atoms with E-state index in [4.69, 9.17) is 0 Å². The number of nitrogens with one attached hydrogen (secondary N) is 2. The molecule has 1 aromatic heterocycles. The lowest BCUT2D eigenvalue weighted by Gasteiger charge is -2.29. The van der Waals surface area contributed by atoms with Gasteiger partial charge >= 0.3 is 6.18 Å². The molecule has 1 aliphatic carbocycles. The lowest BCUT2D eigenvalue weighted by atomic mass is 9.86. The molecule has 0 atom stereocenters. The number of nitrogens with zero attached hydrogens (tertiary/aromatic N) is 2. The van der Waals surface area contributed by atoms with Gasteiger partial charge in [-0.25, -0.2) is 0 Å². The molecule has 132 valence electrons. The van der Waals surface area contributed by atoms with Crippen LogP contribution in [-0.2, 0) is 6.18 Å². The van der Waals surface area contributed by atoms with E-state index in [1.54, 1.807) is 11.9 Å². The van der Waals surface area contributed by atoms with Gasteiger partial charge in [0.1, 0.15) is 0 Å². The van der Waals surface area contributed by atoms with Crippen LogP contribution in [0, 0.1) is 5.92 Å². The minimum absolute atomic E-state index is 0.190. The van der Waals surface area contributed by atoms with Gasteiger partial charge in [-0.2, -0.15) is 22.5 Å². The maximum atomic E-state index is 12.5. The fraction of sp³-hybridized carbons (Fsp3) is 0.857. The molecule has 0 amide bonds. The fourth-order valence-corrected chi connectivity index (χ4v) is 3.87. The highest BCUT2D eigenvalue weighted by atomic mass is 32.2. The molecule has 4 nitrogen and oxygen atoms in total. The number of aromatic nitrogens is 2. The molecule has 0 aliphatic heterocycles. The van der Waals surface area contributed by atoms with Crippen LogP contribution in [0.1, 0.15) is 52.3 Å². The summed E-state index contributed by atoms with van der Waals surface area (Å²) >= 11 is 2.53. The summed E-state index contributed by atoms with van der Waals surface area (Å²) in [5.41, 5.74) is 0. The molecule has 0 aromatic carbocycles. The van der Waals surface area contributed by atoms with E-state index in [0.29, 0.717) is 5.92 Å². The topological polar surface area (TPSA) is 49.8 Å². The summed E-state index contributed by atoms with van der Waals surface area (Å²) in [5.74, 6) is -0.426. The SMILES string of the molecule is CC(C)(C)SNC[C@H]1CC[C@H](Nc2nc(C(F)(F)F)ns2)CC1. The maximum absolute atomic E-state index is 12.5. The van der Waals surface area contributed by atoms with Crippen molar-refractivity contribution < 1.29 is 13.2 Å². The van der Waals surface area contributed by atoms with E-state index in [-0.39, 0.29) is 15.9 Å². The van der Waals surface area contributed by atoms with Crippen LogP contribution in [0.15, 0.2) is 0 Å². The first-order valence-corrected chi connectivity index (χ1v) is 9.31. The third kappa shape index (κ3) is 6.46. The molecule has 2 N–H and O–H groups in total. The Labute approximate surface area is 143 Å². The predicted octanol–water partition coefficient (Wildman–Crippen LogP) is 4.56. The van der Waals surface area contributed by atoms with Crippen LogP contribution in [0.25, 0.3) is 0 Å². The van der Waals surface area contributed by atoms with Crippen LogP contribution in [0.2, 0.25) is 0 Å². The zero-order chi connectivity index (χ0) is 17.1. The zero-order valence-electron chi connectivity index (χ0n) is 13.5. The molecule has 0 radical (unpaired) electrons. The van der Waals surface area contributed by atoms with Crippen molar-refractivity contribution in [3.05, 3.63) is 5.82 Å². The Morgan fingerprint density at radius 2 is 1.83 bits per heavy atom. The summed E-state index contributed by atoms with van der Waals surface area (Å²) in [4.78, 5) is 3.53. The summed E-state index contributed by atoms with van der Waals surface area (Å²) in [5, 5.41) is 3.36. The highest BCUT2D eigenvalue weighted by Crippen LogP contribution is 2.31. The molecule has 1 aromatic rings. The number of hydrogen-bond acceptors (Lipinski definition) is 6. The number of rotatable bonds is 5. The Balaban J connectivity index is 1.71.